The fourth-order valence-corrected chi connectivity index (χ4v) is 3.35. The molecule has 2 aromatic carbocycles. The van der Waals surface area contributed by atoms with Crippen molar-refractivity contribution in [2.24, 2.45) is 0 Å². The number of anilines is 1. The van der Waals surface area contributed by atoms with Crippen molar-refractivity contribution < 1.29 is 18.1 Å². The quantitative estimate of drug-likeness (QED) is 0.484. The van der Waals surface area contributed by atoms with E-state index in [1.54, 1.807) is 19.3 Å². The van der Waals surface area contributed by atoms with E-state index in [1.807, 2.05) is 0 Å². The predicted molar refractivity (Wildman–Crippen MR) is 94.2 cm³/mol. The van der Waals surface area contributed by atoms with E-state index in [2.05, 4.69) is 10.3 Å². The van der Waals surface area contributed by atoms with Crippen LogP contribution in [0.5, 0.6) is 0 Å². The van der Waals surface area contributed by atoms with E-state index in [1.165, 1.54) is 35.6 Å². The Morgan fingerprint density at radius 2 is 1.85 bits per heavy atom. The minimum absolute atomic E-state index is 0.0646. The fourth-order valence-electron chi connectivity index (χ4n) is 2.40. The van der Waals surface area contributed by atoms with Gasteiger partial charge < -0.3 is 5.32 Å². The number of benzene rings is 2. The largest absolute Gasteiger partial charge is 0.416 e. The zero-order valence-electron chi connectivity index (χ0n) is 13.4. The molecule has 0 radical (unpaired) electrons. The third-order valence-electron chi connectivity index (χ3n) is 3.72. The van der Waals surface area contributed by atoms with Crippen LogP contribution in [0.25, 0.3) is 21.0 Å². The molecule has 0 spiro atoms. The number of hydrogen-bond donors (Lipinski definition) is 1. The van der Waals surface area contributed by atoms with Crippen molar-refractivity contribution in [3.05, 3.63) is 64.3 Å². The molecule has 0 unspecified atom stereocenters. The van der Waals surface area contributed by atoms with E-state index in [4.69, 9.17) is 0 Å². The van der Waals surface area contributed by atoms with Gasteiger partial charge in [-0.1, -0.05) is 12.1 Å². The zero-order chi connectivity index (χ0) is 18.9. The summed E-state index contributed by atoms with van der Waals surface area (Å²) in [4.78, 5) is 15.5. The fraction of sp³-hybridized carbons (Fsp3) is 0.118. The van der Waals surface area contributed by atoms with Crippen molar-refractivity contribution in [3.8, 4) is 21.0 Å². The third kappa shape index (κ3) is 3.52. The summed E-state index contributed by atoms with van der Waals surface area (Å²) in [6.45, 7) is 0. The van der Waals surface area contributed by atoms with Gasteiger partial charge in [0, 0.05) is 36.6 Å². The lowest BCUT2D eigenvalue weighted by Gasteiger charge is -2.07. The van der Waals surface area contributed by atoms with Gasteiger partial charge in [0.25, 0.3) is 5.69 Å². The van der Waals surface area contributed by atoms with Crippen molar-refractivity contribution in [1.29, 1.82) is 0 Å². The number of non-ortho nitro benzene ring substituents is 1. The number of nitro groups is 1. The molecule has 0 fully saturated rings. The van der Waals surface area contributed by atoms with Gasteiger partial charge in [0.1, 0.15) is 5.01 Å². The number of rotatable bonds is 4. The lowest BCUT2D eigenvalue weighted by Crippen LogP contribution is -2.03. The molecule has 9 heteroatoms. The van der Waals surface area contributed by atoms with E-state index in [9.17, 15) is 23.3 Å². The molecule has 1 aromatic heterocycles. The van der Waals surface area contributed by atoms with Crippen molar-refractivity contribution in [2.75, 3.05) is 12.4 Å². The van der Waals surface area contributed by atoms with Crippen molar-refractivity contribution in [1.82, 2.24) is 4.98 Å². The molecule has 3 aromatic rings. The Kier molecular flexibility index (Phi) is 4.64. The topological polar surface area (TPSA) is 68.1 Å². The molecule has 0 bridgehead atoms. The Morgan fingerprint density at radius 1 is 1.15 bits per heavy atom. The molecule has 0 aliphatic heterocycles. The van der Waals surface area contributed by atoms with Crippen molar-refractivity contribution in [2.45, 2.75) is 6.18 Å². The van der Waals surface area contributed by atoms with Gasteiger partial charge in [0.15, 0.2) is 0 Å². The Balaban J connectivity index is 1.98. The summed E-state index contributed by atoms with van der Waals surface area (Å²) in [5.74, 6) is 0. The number of nitrogens with one attached hydrogen (secondary N) is 1. The van der Waals surface area contributed by atoms with Crippen LogP contribution in [-0.2, 0) is 6.18 Å². The van der Waals surface area contributed by atoms with E-state index >= 15 is 0 Å². The summed E-state index contributed by atoms with van der Waals surface area (Å²) in [5.41, 5.74) is 1.04. The summed E-state index contributed by atoms with van der Waals surface area (Å²) in [5, 5.41) is 14.5. The van der Waals surface area contributed by atoms with Gasteiger partial charge in [-0.25, -0.2) is 4.98 Å². The SMILES string of the molecule is CNc1ccc([N+](=O)[O-])cc1-c1ncc(-c2ccc(C(F)(F)F)cc2)s1. The van der Waals surface area contributed by atoms with Gasteiger partial charge in [-0.15, -0.1) is 11.3 Å². The highest BCUT2D eigenvalue weighted by atomic mass is 32.1. The first kappa shape index (κ1) is 17.9. The minimum Gasteiger partial charge on any atom is -0.388 e. The van der Waals surface area contributed by atoms with Crippen LogP contribution in [0.15, 0.2) is 48.7 Å². The molecule has 0 amide bonds. The van der Waals surface area contributed by atoms with Crippen LogP contribution in [0, 0.1) is 10.1 Å². The lowest BCUT2D eigenvalue weighted by molar-refractivity contribution is -0.384. The second-order valence-electron chi connectivity index (χ2n) is 5.34. The Labute approximate surface area is 150 Å². The molecule has 26 heavy (non-hydrogen) atoms. The van der Waals surface area contributed by atoms with Crippen LogP contribution in [0.2, 0.25) is 0 Å². The molecule has 1 heterocycles. The summed E-state index contributed by atoms with van der Waals surface area (Å²) >= 11 is 1.25. The molecule has 134 valence electrons. The number of nitro benzene ring substituents is 1. The number of alkyl halides is 3. The number of hydrogen-bond acceptors (Lipinski definition) is 5. The zero-order valence-corrected chi connectivity index (χ0v) is 14.2. The maximum atomic E-state index is 12.7. The highest BCUT2D eigenvalue weighted by Gasteiger charge is 2.30. The smallest absolute Gasteiger partial charge is 0.388 e. The standard InChI is InChI=1S/C17H12F3N3O2S/c1-21-14-7-6-12(23(24)25)8-13(14)16-22-9-15(26-16)10-2-4-11(5-3-10)17(18,19)20/h2-9,21H,1H3. The molecule has 0 atom stereocenters. The number of aromatic nitrogens is 1. The van der Waals surface area contributed by atoms with Crippen LogP contribution < -0.4 is 5.32 Å². The number of halogens is 3. The molecule has 0 aliphatic carbocycles. The van der Waals surface area contributed by atoms with Crippen LogP contribution in [0.1, 0.15) is 5.56 Å². The van der Waals surface area contributed by atoms with Gasteiger partial charge in [0.05, 0.1) is 15.4 Å². The maximum Gasteiger partial charge on any atom is 0.416 e. The molecule has 0 saturated carbocycles. The molecule has 0 saturated heterocycles. The van der Waals surface area contributed by atoms with E-state index < -0.39 is 16.7 Å². The van der Waals surface area contributed by atoms with Crippen LogP contribution >= 0.6 is 11.3 Å². The molecular weight excluding hydrogens is 367 g/mol. The lowest BCUT2D eigenvalue weighted by atomic mass is 10.1. The Bertz CT molecular complexity index is 953. The van der Waals surface area contributed by atoms with Crippen molar-refractivity contribution in [3.63, 3.8) is 0 Å². The summed E-state index contributed by atoms with van der Waals surface area (Å²) in [7, 11) is 1.69. The van der Waals surface area contributed by atoms with Crippen molar-refractivity contribution >= 4 is 22.7 Å². The Morgan fingerprint density at radius 3 is 2.42 bits per heavy atom. The second kappa shape index (κ2) is 6.75. The molecule has 1 N–H and O–H groups in total. The summed E-state index contributed by atoms with van der Waals surface area (Å²) in [6, 6.07) is 9.19. The van der Waals surface area contributed by atoms with E-state index in [-0.39, 0.29) is 5.69 Å². The van der Waals surface area contributed by atoms with Crippen LogP contribution in [0.4, 0.5) is 24.5 Å². The summed E-state index contributed by atoms with van der Waals surface area (Å²) in [6.07, 6.45) is -2.84. The maximum absolute atomic E-state index is 12.7. The molecule has 0 aliphatic rings. The molecule has 3 rings (SSSR count). The first-order valence-corrected chi connectivity index (χ1v) is 8.21. The normalized spacial score (nSPS) is 11.4. The average Bonchev–Trinajstić information content (AvgIpc) is 3.10. The van der Waals surface area contributed by atoms with Gasteiger partial charge in [-0.2, -0.15) is 13.2 Å². The number of thiazole rings is 1. The first-order valence-electron chi connectivity index (χ1n) is 7.39. The average molecular weight is 379 g/mol. The minimum atomic E-state index is -4.39. The third-order valence-corrected chi connectivity index (χ3v) is 4.80. The highest BCUT2D eigenvalue weighted by Crippen LogP contribution is 2.38. The monoisotopic (exact) mass is 379 g/mol. The van der Waals surface area contributed by atoms with Gasteiger partial charge >= 0.3 is 6.18 Å². The second-order valence-corrected chi connectivity index (χ2v) is 6.37. The Hall–Kier alpha value is -2.94. The predicted octanol–water partition coefficient (Wildman–Crippen LogP) is 5.45. The number of nitrogens with zero attached hydrogens (tertiary/aromatic N) is 2. The van der Waals surface area contributed by atoms with Crippen LogP contribution in [-0.4, -0.2) is 17.0 Å². The van der Waals surface area contributed by atoms with Gasteiger partial charge in [0.2, 0.25) is 0 Å². The van der Waals surface area contributed by atoms with E-state index in [0.717, 1.165) is 12.1 Å². The molecule has 5 nitrogen and oxygen atoms in total. The summed E-state index contributed by atoms with van der Waals surface area (Å²) < 4.78 is 38.0. The molecular formula is C17H12F3N3O2S. The highest BCUT2D eigenvalue weighted by molar-refractivity contribution is 7.18. The first-order chi connectivity index (χ1) is 12.3. The van der Waals surface area contributed by atoms with Gasteiger partial charge in [-0.3, -0.25) is 10.1 Å². The van der Waals surface area contributed by atoms with Crippen LogP contribution in [0.3, 0.4) is 0 Å². The van der Waals surface area contributed by atoms with Gasteiger partial charge in [-0.05, 0) is 23.8 Å². The van der Waals surface area contributed by atoms with E-state index in [0.29, 0.717) is 26.7 Å².